The highest BCUT2D eigenvalue weighted by Gasteiger charge is 2.39. The van der Waals surface area contributed by atoms with E-state index in [1.807, 2.05) is 11.3 Å². The number of thiophene rings is 1. The molecule has 1 aliphatic carbocycles. The summed E-state index contributed by atoms with van der Waals surface area (Å²) in [5.41, 5.74) is 20.2. The summed E-state index contributed by atoms with van der Waals surface area (Å²) in [5.74, 6) is 0. The van der Waals surface area contributed by atoms with Gasteiger partial charge in [0.1, 0.15) is 11.2 Å². The van der Waals surface area contributed by atoms with Crippen molar-refractivity contribution in [2.45, 2.75) is 71.6 Å². The van der Waals surface area contributed by atoms with Gasteiger partial charge in [-0.05, 0) is 104 Å². The van der Waals surface area contributed by atoms with E-state index in [1.54, 1.807) is 0 Å². The van der Waals surface area contributed by atoms with E-state index in [9.17, 15) is 0 Å². The predicted molar refractivity (Wildman–Crippen MR) is 276 cm³/mol. The van der Waals surface area contributed by atoms with Gasteiger partial charge < -0.3 is 14.3 Å². The first kappa shape index (κ1) is 38.0. The maximum atomic E-state index is 7.28. The smallest absolute Gasteiger partial charge is 0.198 e. The molecule has 11 aromatic rings. The van der Waals surface area contributed by atoms with Crippen molar-refractivity contribution >= 4 is 105 Å². The molecule has 13 rings (SSSR count). The minimum atomic E-state index is -0.137. The molecular weight excluding hydrogens is 796 g/mol. The first-order valence-electron chi connectivity index (χ1n) is 22.7. The van der Waals surface area contributed by atoms with E-state index in [0.717, 1.165) is 39.1 Å². The van der Waals surface area contributed by atoms with Gasteiger partial charge in [-0.15, -0.1) is 11.3 Å². The number of nitrogens with zero attached hydrogens (tertiary/aromatic N) is 1. The number of hydrogen-bond acceptors (Lipinski definition) is 3. The fraction of sp³-hybridized carbons (Fsp3) is 0.186. The highest BCUT2D eigenvalue weighted by Crippen LogP contribution is 2.52. The second kappa shape index (κ2) is 12.8. The van der Waals surface area contributed by atoms with Crippen LogP contribution in [0.2, 0.25) is 0 Å². The van der Waals surface area contributed by atoms with Crippen LogP contribution < -0.4 is 16.2 Å². The molecule has 0 saturated heterocycles. The Labute approximate surface area is 378 Å². The molecule has 0 bridgehead atoms. The van der Waals surface area contributed by atoms with Crippen LogP contribution in [0.5, 0.6) is 0 Å². The van der Waals surface area contributed by atoms with Gasteiger partial charge in [0.15, 0.2) is 7.28 Å². The third-order valence-electron chi connectivity index (χ3n) is 14.5. The van der Waals surface area contributed by atoms with Gasteiger partial charge in [-0.25, -0.2) is 0 Å². The van der Waals surface area contributed by atoms with Crippen LogP contribution in [0.15, 0.2) is 144 Å². The standard InChI is InChI=1S/C59H48BN2OS/c1-57(2,3)32-21-24-34(25-22-32)61-45-28-39-36-16-11-14-20-49(36)64-50(39)30-40(45)53-54-55-51(52-37-17-10-13-19-48(37)63-56(52)53)41-27-33(58(4,5)6)23-26-46(41)62(55)47-29-38-35-15-9-12-18-42(35)59(7,8)43(38)31-44(47)60-54/h9-31,61H,1-8H3. The monoisotopic (exact) mass is 843 g/mol. The fourth-order valence-corrected chi connectivity index (χ4v) is 12.3. The summed E-state index contributed by atoms with van der Waals surface area (Å²) in [4.78, 5) is 0. The van der Waals surface area contributed by atoms with Gasteiger partial charge in [-0.2, -0.15) is 0 Å². The zero-order chi connectivity index (χ0) is 43.6. The summed E-state index contributed by atoms with van der Waals surface area (Å²) in [5, 5.41) is 11.3. The van der Waals surface area contributed by atoms with Gasteiger partial charge in [0.05, 0.1) is 5.52 Å². The molecule has 8 aromatic carbocycles. The van der Waals surface area contributed by atoms with Crippen molar-refractivity contribution in [2.24, 2.45) is 0 Å². The highest BCUT2D eigenvalue weighted by molar-refractivity contribution is 7.25. The molecule has 1 N–H and O–H groups in total. The van der Waals surface area contributed by atoms with Crippen LogP contribution in [0.3, 0.4) is 0 Å². The number of benzene rings is 8. The molecule has 0 atom stereocenters. The van der Waals surface area contributed by atoms with Crippen molar-refractivity contribution in [3.63, 3.8) is 0 Å². The molecule has 5 heteroatoms. The van der Waals surface area contributed by atoms with E-state index in [4.69, 9.17) is 4.42 Å². The molecule has 0 amide bonds. The van der Waals surface area contributed by atoms with Gasteiger partial charge in [0.2, 0.25) is 0 Å². The highest BCUT2D eigenvalue weighted by atomic mass is 32.1. The summed E-state index contributed by atoms with van der Waals surface area (Å²) in [6.45, 7) is 18.5. The zero-order valence-electron chi connectivity index (χ0n) is 37.6. The molecule has 4 heterocycles. The lowest BCUT2D eigenvalue weighted by molar-refractivity contribution is 0.590. The normalized spacial score (nSPS) is 14.2. The Morgan fingerprint density at radius 1 is 0.594 bits per heavy atom. The minimum absolute atomic E-state index is 0.0331. The van der Waals surface area contributed by atoms with Crippen molar-refractivity contribution in [1.29, 1.82) is 0 Å². The molecule has 0 fully saturated rings. The molecule has 0 saturated carbocycles. The van der Waals surface area contributed by atoms with Crippen molar-refractivity contribution in [3.05, 3.63) is 162 Å². The van der Waals surface area contributed by atoms with Crippen LogP contribution in [0, 0.1) is 0 Å². The minimum Gasteiger partial charge on any atom is -0.455 e. The average Bonchev–Trinajstić information content (AvgIpc) is 4.00. The summed E-state index contributed by atoms with van der Waals surface area (Å²) >= 11 is 1.86. The molecule has 0 spiro atoms. The van der Waals surface area contributed by atoms with E-state index < -0.39 is 0 Å². The molecule has 0 unspecified atom stereocenters. The Morgan fingerprint density at radius 2 is 1.31 bits per heavy atom. The Balaban J connectivity index is 1.19. The lowest BCUT2D eigenvalue weighted by atomic mass is 9.58. The molecule has 3 nitrogen and oxygen atoms in total. The molecular formula is C59H48BN2OS. The molecule has 309 valence electrons. The number of furan rings is 1. The second-order valence-corrected chi connectivity index (χ2v) is 21.9. The Morgan fingerprint density at radius 3 is 2.11 bits per heavy atom. The number of para-hydroxylation sites is 1. The Bertz CT molecular complexity index is 3830. The Hall–Kier alpha value is -6.56. The lowest BCUT2D eigenvalue weighted by Gasteiger charge is -2.27. The predicted octanol–water partition coefficient (Wildman–Crippen LogP) is 15.3. The van der Waals surface area contributed by atoms with Crippen LogP contribution in [-0.4, -0.2) is 11.8 Å². The largest absolute Gasteiger partial charge is 0.455 e. The van der Waals surface area contributed by atoms with Crippen molar-refractivity contribution in [1.82, 2.24) is 4.57 Å². The molecule has 64 heavy (non-hydrogen) atoms. The van der Waals surface area contributed by atoms with Crippen molar-refractivity contribution < 1.29 is 4.42 Å². The van der Waals surface area contributed by atoms with Crippen LogP contribution in [0.25, 0.3) is 91.9 Å². The van der Waals surface area contributed by atoms with Gasteiger partial charge in [-0.3, -0.25) is 0 Å². The summed E-state index contributed by atoms with van der Waals surface area (Å²) in [6.07, 6.45) is 0. The zero-order valence-corrected chi connectivity index (χ0v) is 38.4. The molecule has 1 radical (unpaired) electrons. The summed E-state index contributed by atoms with van der Waals surface area (Å²) in [6, 6.07) is 52.5. The van der Waals surface area contributed by atoms with Gasteiger partial charge in [-0.1, -0.05) is 146 Å². The lowest BCUT2D eigenvalue weighted by Crippen LogP contribution is -2.38. The number of aromatic nitrogens is 1. The van der Waals surface area contributed by atoms with Crippen molar-refractivity contribution in [3.8, 4) is 27.9 Å². The first-order chi connectivity index (χ1) is 30.7. The van der Waals surface area contributed by atoms with Crippen molar-refractivity contribution in [2.75, 3.05) is 5.32 Å². The first-order valence-corrected chi connectivity index (χ1v) is 23.5. The van der Waals surface area contributed by atoms with Crippen LogP contribution >= 0.6 is 11.3 Å². The SMILES string of the molecule is CC(C)(C)c1ccc(Nc2cc3c(cc2-c2c4c5c(c6cc(C(C)(C)C)ccc6n5-c5cc6c(cc5[B]4)C(C)(C)c4ccccc4-6)c4c2oc2ccccc24)sc2ccccc23)cc1. The second-order valence-electron chi connectivity index (χ2n) is 20.8. The molecule has 3 aromatic heterocycles. The molecule has 2 aliphatic rings. The van der Waals surface area contributed by atoms with Crippen LogP contribution in [-0.2, 0) is 16.2 Å². The third-order valence-corrected chi connectivity index (χ3v) is 15.7. The summed E-state index contributed by atoms with van der Waals surface area (Å²) in [7, 11) is 2.49. The fourth-order valence-electron chi connectivity index (χ4n) is 11.1. The number of fused-ring (bicyclic) bond motifs is 15. The number of hydrogen-bond donors (Lipinski definition) is 1. The van der Waals surface area contributed by atoms with E-state index in [0.29, 0.717) is 0 Å². The van der Waals surface area contributed by atoms with Crippen LogP contribution in [0.1, 0.15) is 77.6 Å². The molecule has 1 aliphatic heterocycles. The van der Waals surface area contributed by atoms with Gasteiger partial charge in [0, 0.05) is 80.8 Å². The van der Waals surface area contributed by atoms with E-state index in [-0.39, 0.29) is 16.2 Å². The topological polar surface area (TPSA) is 30.1 Å². The van der Waals surface area contributed by atoms with Crippen LogP contribution in [0.4, 0.5) is 11.4 Å². The quantitative estimate of drug-likeness (QED) is 0.180. The maximum Gasteiger partial charge on any atom is 0.198 e. The Kier molecular flexibility index (Phi) is 7.59. The number of nitrogens with one attached hydrogen (secondary N) is 1. The van der Waals surface area contributed by atoms with E-state index in [2.05, 4.69) is 212 Å². The van der Waals surface area contributed by atoms with Gasteiger partial charge >= 0.3 is 0 Å². The van der Waals surface area contributed by atoms with Gasteiger partial charge in [0.25, 0.3) is 0 Å². The maximum absolute atomic E-state index is 7.28. The average molecular weight is 844 g/mol. The summed E-state index contributed by atoms with van der Waals surface area (Å²) < 4.78 is 12.4. The third kappa shape index (κ3) is 5.22. The van der Waals surface area contributed by atoms with E-state index >= 15 is 0 Å². The number of rotatable bonds is 3. The number of anilines is 2. The van der Waals surface area contributed by atoms with E-state index in [1.165, 1.54) is 97.4 Å².